The SMILES string of the molecule is O=C(NC[C@@H]1CN2CCC[C@H]2CO1)c1ccccc1-n1cnnn1. The van der Waals surface area contributed by atoms with E-state index in [1.165, 1.54) is 23.9 Å². The lowest BCUT2D eigenvalue weighted by Crippen LogP contribution is -2.50. The van der Waals surface area contributed by atoms with Crippen LogP contribution in [0.1, 0.15) is 23.2 Å². The minimum Gasteiger partial charge on any atom is -0.373 e. The van der Waals surface area contributed by atoms with E-state index in [0.717, 1.165) is 19.7 Å². The van der Waals surface area contributed by atoms with Crippen LogP contribution >= 0.6 is 0 Å². The highest BCUT2D eigenvalue weighted by molar-refractivity contribution is 5.97. The van der Waals surface area contributed by atoms with Crippen molar-refractivity contribution in [1.82, 2.24) is 30.4 Å². The molecule has 2 fully saturated rings. The maximum absolute atomic E-state index is 12.6. The number of para-hydroxylation sites is 1. The number of morpholine rings is 1. The monoisotopic (exact) mass is 328 g/mol. The number of nitrogens with one attached hydrogen (secondary N) is 1. The first-order valence-electron chi connectivity index (χ1n) is 8.27. The quantitative estimate of drug-likeness (QED) is 0.866. The Labute approximate surface area is 139 Å². The summed E-state index contributed by atoms with van der Waals surface area (Å²) in [6.45, 7) is 3.30. The molecule has 3 heterocycles. The van der Waals surface area contributed by atoms with E-state index in [9.17, 15) is 4.79 Å². The van der Waals surface area contributed by atoms with Gasteiger partial charge in [-0.25, -0.2) is 0 Å². The summed E-state index contributed by atoms with van der Waals surface area (Å²) in [5.74, 6) is -0.145. The van der Waals surface area contributed by atoms with E-state index in [1.807, 2.05) is 18.2 Å². The van der Waals surface area contributed by atoms with Gasteiger partial charge >= 0.3 is 0 Å². The average Bonchev–Trinajstić information content (AvgIpc) is 3.30. The molecule has 0 aliphatic carbocycles. The van der Waals surface area contributed by atoms with E-state index in [-0.39, 0.29) is 12.0 Å². The predicted octanol–water partition coefficient (Wildman–Crippen LogP) is 0.255. The van der Waals surface area contributed by atoms with Gasteiger partial charge in [-0.05, 0) is 41.9 Å². The third-order valence-electron chi connectivity index (χ3n) is 4.70. The van der Waals surface area contributed by atoms with Crippen LogP contribution in [0.15, 0.2) is 30.6 Å². The molecule has 0 saturated carbocycles. The van der Waals surface area contributed by atoms with Crippen LogP contribution in [0.2, 0.25) is 0 Å². The number of carbonyl (C=O) groups excluding carboxylic acids is 1. The van der Waals surface area contributed by atoms with Gasteiger partial charge in [0.1, 0.15) is 6.33 Å². The second-order valence-electron chi connectivity index (χ2n) is 6.23. The fraction of sp³-hybridized carbons (Fsp3) is 0.500. The molecule has 2 aliphatic heterocycles. The Morgan fingerprint density at radius 2 is 2.29 bits per heavy atom. The number of benzene rings is 1. The van der Waals surface area contributed by atoms with Crippen molar-refractivity contribution in [1.29, 1.82) is 0 Å². The summed E-state index contributed by atoms with van der Waals surface area (Å²) >= 11 is 0. The molecule has 2 aromatic rings. The number of tetrazole rings is 1. The number of ether oxygens (including phenoxy) is 1. The van der Waals surface area contributed by atoms with E-state index in [2.05, 4.69) is 25.7 Å². The van der Waals surface area contributed by atoms with Gasteiger partial charge in [0.25, 0.3) is 5.91 Å². The molecule has 0 unspecified atom stereocenters. The Kier molecular flexibility index (Phi) is 4.22. The fourth-order valence-electron chi connectivity index (χ4n) is 3.45. The van der Waals surface area contributed by atoms with Gasteiger partial charge in [-0.15, -0.1) is 5.10 Å². The van der Waals surface area contributed by atoms with Gasteiger partial charge in [-0.3, -0.25) is 9.69 Å². The van der Waals surface area contributed by atoms with Crippen LogP contribution in [0.25, 0.3) is 5.69 Å². The summed E-state index contributed by atoms with van der Waals surface area (Å²) in [7, 11) is 0. The van der Waals surface area contributed by atoms with Crippen molar-refractivity contribution in [2.75, 3.05) is 26.2 Å². The molecule has 126 valence electrons. The highest BCUT2D eigenvalue weighted by atomic mass is 16.5. The summed E-state index contributed by atoms with van der Waals surface area (Å²) in [6.07, 6.45) is 3.98. The minimum absolute atomic E-state index is 0.0449. The third kappa shape index (κ3) is 3.02. The molecule has 1 N–H and O–H groups in total. The molecule has 8 heteroatoms. The number of aromatic nitrogens is 4. The first-order valence-corrected chi connectivity index (χ1v) is 8.27. The largest absolute Gasteiger partial charge is 0.373 e. The molecule has 4 rings (SSSR count). The van der Waals surface area contributed by atoms with Gasteiger partial charge in [0.2, 0.25) is 0 Å². The van der Waals surface area contributed by atoms with Gasteiger partial charge in [-0.2, -0.15) is 4.68 Å². The molecule has 24 heavy (non-hydrogen) atoms. The Morgan fingerprint density at radius 1 is 1.38 bits per heavy atom. The molecule has 0 radical (unpaired) electrons. The van der Waals surface area contributed by atoms with E-state index in [4.69, 9.17) is 4.74 Å². The summed E-state index contributed by atoms with van der Waals surface area (Å²) in [6, 6.07) is 7.83. The lowest BCUT2D eigenvalue weighted by Gasteiger charge is -2.35. The zero-order valence-corrected chi connectivity index (χ0v) is 13.3. The minimum atomic E-state index is -0.145. The number of fused-ring (bicyclic) bond motifs is 1. The molecule has 2 atom stereocenters. The first kappa shape index (κ1) is 15.2. The highest BCUT2D eigenvalue weighted by Gasteiger charge is 2.32. The van der Waals surface area contributed by atoms with Crippen molar-refractivity contribution in [3.05, 3.63) is 36.2 Å². The van der Waals surface area contributed by atoms with Crippen LogP contribution in [0.4, 0.5) is 0 Å². The summed E-state index contributed by atoms with van der Waals surface area (Å²) in [4.78, 5) is 15.0. The lowest BCUT2D eigenvalue weighted by molar-refractivity contribution is -0.0461. The molecule has 2 saturated heterocycles. The van der Waals surface area contributed by atoms with Gasteiger partial charge in [0.05, 0.1) is 24.0 Å². The normalized spacial score (nSPS) is 23.8. The van der Waals surface area contributed by atoms with Gasteiger partial charge in [-0.1, -0.05) is 12.1 Å². The molecule has 1 aromatic heterocycles. The predicted molar refractivity (Wildman–Crippen MR) is 85.8 cm³/mol. The van der Waals surface area contributed by atoms with Crippen molar-refractivity contribution in [3.8, 4) is 5.69 Å². The zero-order chi connectivity index (χ0) is 16.4. The van der Waals surface area contributed by atoms with Crippen LogP contribution in [0.5, 0.6) is 0 Å². The Balaban J connectivity index is 1.40. The van der Waals surface area contributed by atoms with Gasteiger partial charge < -0.3 is 10.1 Å². The van der Waals surface area contributed by atoms with E-state index in [0.29, 0.717) is 23.8 Å². The summed E-state index contributed by atoms with van der Waals surface area (Å²) < 4.78 is 7.37. The number of rotatable bonds is 4. The smallest absolute Gasteiger partial charge is 0.253 e. The van der Waals surface area contributed by atoms with Crippen molar-refractivity contribution in [2.24, 2.45) is 0 Å². The number of carbonyl (C=O) groups is 1. The van der Waals surface area contributed by atoms with Crippen LogP contribution in [0, 0.1) is 0 Å². The molecule has 8 nitrogen and oxygen atoms in total. The lowest BCUT2D eigenvalue weighted by atomic mass is 10.1. The third-order valence-corrected chi connectivity index (χ3v) is 4.70. The second kappa shape index (κ2) is 6.66. The van der Waals surface area contributed by atoms with Crippen molar-refractivity contribution < 1.29 is 9.53 Å². The molecular weight excluding hydrogens is 308 g/mol. The molecule has 0 bridgehead atoms. The topological polar surface area (TPSA) is 85.2 Å². The summed E-state index contributed by atoms with van der Waals surface area (Å²) in [5.41, 5.74) is 1.20. The molecule has 0 spiro atoms. The number of hydrogen-bond acceptors (Lipinski definition) is 6. The van der Waals surface area contributed by atoms with Crippen LogP contribution in [-0.2, 0) is 4.74 Å². The summed E-state index contributed by atoms with van der Waals surface area (Å²) in [5, 5.41) is 14.1. The maximum Gasteiger partial charge on any atom is 0.253 e. The van der Waals surface area contributed by atoms with Crippen molar-refractivity contribution in [3.63, 3.8) is 0 Å². The van der Waals surface area contributed by atoms with E-state index in [1.54, 1.807) is 6.07 Å². The number of amides is 1. The average molecular weight is 328 g/mol. The highest BCUT2D eigenvalue weighted by Crippen LogP contribution is 2.22. The Morgan fingerprint density at radius 3 is 3.17 bits per heavy atom. The maximum atomic E-state index is 12.6. The first-order chi connectivity index (χ1) is 11.8. The molecular formula is C16H20N6O2. The number of hydrogen-bond donors (Lipinski definition) is 1. The standard InChI is InChI=1S/C16H20N6O2/c23-16(14-5-1-2-6-15(14)22-11-18-19-20-22)17-8-13-9-21-7-3-4-12(21)10-24-13/h1-2,5-6,11-13H,3-4,7-10H2,(H,17,23)/t12-,13+/m0/s1. The molecule has 1 amide bonds. The van der Waals surface area contributed by atoms with E-state index >= 15 is 0 Å². The zero-order valence-electron chi connectivity index (χ0n) is 13.3. The van der Waals surface area contributed by atoms with Gasteiger partial charge in [0.15, 0.2) is 0 Å². The Hall–Kier alpha value is -2.32. The molecule has 2 aliphatic rings. The Bertz CT molecular complexity index is 704. The second-order valence-corrected chi connectivity index (χ2v) is 6.23. The van der Waals surface area contributed by atoms with Gasteiger partial charge in [0, 0.05) is 19.1 Å². The van der Waals surface area contributed by atoms with E-state index < -0.39 is 0 Å². The molecule has 1 aromatic carbocycles. The fourth-order valence-corrected chi connectivity index (χ4v) is 3.45. The van der Waals surface area contributed by atoms with Crippen molar-refractivity contribution >= 4 is 5.91 Å². The van der Waals surface area contributed by atoms with Crippen LogP contribution in [0.3, 0.4) is 0 Å². The van der Waals surface area contributed by atoms with Crippen molar-refractivity contribution in [2.45, 2.75) is 25.0 Å². The number of nitrogens with zero attached hydrogens (tertiary/aromatic N) is 5. The van der Waals surface area contributed by atoms with Crippen LogP contribution < -0.4 is 5.32 Å². The van der Waals surface area contributed by atoms with Crippen LogP contribution in [-0.4, -0.2) is 69.4 Å².